The number of rotatable bonds is 5. The number of hydrogen-bond donors (Lipinski definition) is 3. The van der Waals surface area contributed by atoms with Gasteiger partial charge in [-0.25, -0.2) is 9.97 Å². The van der Waals surface area contributed by atoms with E-state index in [1.165, 1.54) is 25.7 Å². The zero-order chi connectivity index (χ0) is 18.1. The van der Waals surface area contributed by atoms with Gasteiger partial charge in [-0.1, -0.05) is 12.8 Å². The fourth-order valence-corrected chi connectivity index (χ4v) is 3.57. The number of fused-ring (bicyclic) bond motifs is 1. The summed E-state index contributed by atoms with van der Waals surface area (Å²) in [7, 11) is 3.76. The summed E-state index contributed by atoms with van der Waals surface area (Å²) in [6.45, 7) is 2.03. The van der Waals surface area contributed by atoms with Crippen molar-refractivity contribution in [1.29, 1.82) is 0 Å². The average molecular weight is 355 g/mol. The maximum Gasteiger partial charge on any atom is 0.229 e. The van der Waals surface area contributed by atoms with Gasteiger partial charge in [0.2, 0.25) is 11.9 Å². The van der Waals surface area contributed by atoms with Crippen LogP contribution in [0.5, 0.6) is 0 Å². The first-order chi connectivity index (χ1) is 12.6. The Balaban J connectivity index is 1.58. The van der Waals surface area contributed by atoms with Crippen molar-refractivity contribution in [1.82, 2.24) is 30.2 Å². The van der Waals surface area contributed by atoms with Crippen LogP contribution < -0.4 is 21.3 Å². The predicted molar refractivity (Wildman–Crippen MR) is 99.7 cm³/mol. The van der Waals surface area contributed by atoms with E-state index in [1.54, 1.807) is 0 Å². The van der Waals surface area contributed by atoms with Crippen molar-refractivity contribution in [2.75, 3.05) is 30.0 Å². The summed E-state index contributed by atoms with van der Waals surface area (Å²) in [4.78, 5) is 24.3. The number of nitrogens with zero attached hydrogens (tertiary/aromatic N) is 6. The van der Waals surface area contributed by atoms with Crippen LogP contribution in [-0.2, 0) is 19.6 Å². The molecule has 9 nitrogen and oxygen atoms in total. The second-order valence-corrected chi connectivity index (χ2v) is 7.10. The van der Waals surface area contributed by atoms with Gasteiger partial charge >= 0.3 is 0 Å². The van der Waals surface area contributed by atoms with Crippen molar-refractivity contribution < 1.29 is 0 Å². The summed E-state index contributed by atoms with van der Waals surface area (Å²) in [6, 6.07) is 0. The van der Waals surface area contributed by atoms with Gasteiger partial charge in [0, 0.05) is 38.7 Å². The van der Waals surface area contributed by atoms with Crippen LogP contribution in [0.15, 0.2) is 0 Å². The van der Waals surface area contributed by atoms with Crippen molar-refractivity contribution >= 4 is 17.7 Å². The SMILES string of the molecule is CN(C)c1nc(N)nc(CNc2nc(C3CCCC3)nc3c2CNC3)n1. The van der Waals surface area contributed by atoms with E-state index in [0.717, 1.165) is 36.0 Å². The summed E-state index contributed by atoms with van der Waals surface area (Å²) in [5, 5.41) is 6.77. The van der Waals surface area contributed by atoms with E-state index in [-0.39, 0.29) is 5.95 Å². The van der Waals surface area contributed by atoms with E-state index in [4.69, 9.17) is 15.7 Å². The molecule has 138 valence electrons. The Labute approximate surface area is 152 Å². The average Bonchev–Trinajstić information content (AvgIpc) is 3.30. The molecule has 2 aromatic heterocycles. The van der Waals surface area contributed by atoms with E-state index in [0.29, 0.717) is 24.2 Å². The second kappa shape index (κ2) is 6.99. The quantitative estimate of drug-likeness (QED) is 0.726. The lowest BCUT2D eigenvalue weighted by Crippen LogP contribution is -2.18. The van der Waals surface area contributed by atoms with Crippen LogP contribution >= 0.6 is 0 Å². The molecule has 0 spiro atoms. The van der Waals surface area contributed by atoms with Gasteiger partial charge in [-0.2, -0.15) is 15.0 Å². The molecule has 26 heavy (non-hydrogen) atoms. The molecule has 9 heteroatoms. The van der Waals surface area contributed by atoms with Gasteiger partial charge in [0.1, 0.15) is 11.6 Å². The predicted octanol–water partition coefficient (Wildman–Crippen LogP) is 1.18. The molecular weight excluding hydrogens is 330 g/mol. The standard InChI is InChI=1S/C17H25N9/c1-26(2)17-23-13(22-16(18)25-17)9-20-15-11-7-19-8-12(11)21-14(24-15)10-5-3-4-6-10/h10,19H,3-9H2,1-2H3,(H,20,21,24)(H2,18,22,23,25). The maximum absolute atomic E-state index is 5.81. The van der Waals surface area contributed by atoms with Gasteiger partial charge in [0.25, 0.3) is 0 Å². The fourth-order valence-electron chi connectivity index (χ4n) is 3.57. The third-order valence-electron chi connectivity index (χ3n) is 4.93. The molecule has 0 atom stereocenters. The van der Waals surface area contributed by atoms with Crippen molar-refractivity contribution in [3.8, 4) is 0 Å². The normalized spacial score (nSPS) is 16.7. The summed E-state index contributed by atoms with van der Waals surface area (Å²) in [5.41, 5.74) is 8.06. The Morgan fingerprint density at radius 2 is 1.88 bits per heavy atom. The van der Waals surface area contributed by atoms with Crippen LogP contribution in [0.1, 0.15) is 54.5 Å². The monoisotopic (exact) mass is 355 g/mol. The highest BCUT2D eigenvalue weighted by atomic mass is 15.3. The third-order valence-corrected chi connectivity index (χ3v) is 4.93. The minimum Gasteiger partial charge on any atom is -0.368 e. The molecule has 0 amide bonds. The molecule has 4 rings (SSSR count). The Morgan fingerprint density at radius 3 is 2.65 bits per heavy atom. The molecule has 0 aromatic carbocycles. The molecule has 1 fully saturated rings. The Hall–Kier alpha value is -2.55. The molecule has 1 aliphatic carbocycles. The number of aromatic nitrogens is 5. The lowest BCUT2D eigenvalue weighted by atomic mass is 10.1. The number of nitrogens with one attached hydrogen (secondary N) is 2. The number of nitrogen functional groups attached to an aromatic ring is 1. The van der Waals surface area contributed by atoms with E-state index >= 15 is 0 Å². The summed E-state index contributed by atoms with van der Waals surface area (Å²) < 4.78 is 0. The zero-order valence-electron chi connectivity index (χ0n) is 15.3. The van der Waals surface area contributed by atoms with Gasteiger partial charge in [-0.05, 0) is 12.8 Å². The zero-order valence-corrected chi connectivity index (χ0v) is 15.3. The molecule has 0 saturated heterocycles. The van der Waals surface area contributed by atoms with Gasteiger partial charge in [0.05, 0.1) is 12.2 Å². The van der Waals surface area contributed by atoms with Crippen LogP contribution in [-0.4, -0.2) is 39.0 Å². The molecule has 1 aliphatic heterocycles. The molecule has 0 unspecified atom stereocenters. The second-order valence-electron chi connectivity index (χ2n) is 7.10. The minimum absolute atomic E-state index is 0.224. The number of anilines is 3. The number of hydrogen-bond acceptors (Lipinski definition) is 9. The smallest absolute Gasteiger partial charge is 0.229 e. The molecule has 3 heterocycles. The van der Waals surface area contributed by atoms with E-state index < -0.39 is 0 Å². The van der Waals surface area contributed by atoms with E-state index in [9.17, 15) is 0 Å². The van der Waals surface area contributed by atoms with E-state index in [1.807, 2.05) is 19.0 Å². The van der Waals surface area contributed by atoms with Gasteiger partial charge in [0.15, 0.2) is 5.82 Å². The summed E-state index contributed by atoms with van der Waals surface area (Å²) >= 11 is 0. The molecule has 1 saturated carbocycles. The van der Waals surface area contributed by atoms with Gasteiger partial charge < -0.3 is 21.3 Å². The molecule has 2 aliphatic rings. The highest BCUT2D eigenvalue weighted by Crippen LogP contribution is 2.34. The molecule has 0 radical (unpaired) electrons. The first-order valence-corrected chi connectivity index (χ1v) is 9.12. The minimum atomic E-state index is 0.224. The van der Waals surface area contributed by atoms with Crippen molar-refractivity contribution in [3.05, 3.63) is 22.9 Å². The summed E-state index contributed by atoms with van der Waals surface area (Å²) in [5.74, 6) is 3.71. The van der Waals surface area contributed by atoms with Crippen LogP contribution in [0, 0.1) is 0 Å². The number of nitrogens with two attached hydrogens (primary N) is 1. The van der Waals surface area contributed by atoms with Crippen LogP contribution in [0.2, 0.25) is 0 Å². The van der Waals surface area contributed by atoms with Crippen molar-refractivity contribution in [2.45, 2.75) is 51.2 Å². The highest BCUT2D eigenvalue weighted by Gasteiger charge is 2.25. The van der Waals surface area contributed by atoms with Gasteiger partial charge in [-0.3, -0.25) is 0 Å². The van der Waals surface area contributed by atoms with Crippen molar-refractivity contribution in [3.63, 3.8) is 0 Å². The Bertz CT molecular complexity index is 799. The summed E-state index contributed by atoms with van der Waals surface area (Å²) in [6.07, 6.45) is 4.90. The largest absolute Gasteiger partial charge is 0.368 e. The lowest BCUT2D eigenvalue weighted by Gasteiger charge is -2.15. The third kappa shape index (κ3) is 3.39. The highest BCUT2D eigenvalue weighted by molar-refractivity contribution is 5.49. The molecule has 4 N–H and O–H groups in total. The van der Waals surface area contributed by atoms with Crippen LogP contribution in [0.3, 0.4) is 0 Å². The molecule has 2 aromatic rings. The van der Waals surface area contributed by atoms with Crippen molar-refractivity contribution in [2.24, 2.45) is 0 Å². The topological polar surface area (TPSA) is 118 Å². The fraction of sp³-hybridized carbons (Fsp3) is 0.588. The maximum atomic E-state index is 5.81. The first kappa shape index (κ1) is 16.9. The molecule has 0 bridgehead atoms. The lowest BCUT2D eigenvalue weighted by molar-refractivity contribution is 0.660. The van der Waals surface area contributed by atoms with Gasteiger partial charge in [-0.15, -0.1) is 0 Å². The van der Waals surface area contributed by atoms with E-state index in [2.05, 4.69) is 25.6 Å². The first-order valence-electron chi connectivity index (χ1n) is 9.12. The van der Waals surface area contributed by atoms with Crippen LogP contribution in [0.25, 0.3) is 0 Å². The Kier molecular flexibility index (Phi) is 4.54. The molecular formula is C17H25N9. The van der Waals surface area contributed by atoms with Crippen LogP contribution in [0.4, 0.5) is 17.7 Å². The Morgan fingerprint density at radius 1 is 1.08 bits per heavy atom.